The number of ether oxygens (including phenoxy) is 3. The summed E-state index contributed by atoms with van der Waals surface area (Å²) >= 11 is 6.67. The average molecular weight is 470 g/mol. The third kappa shape index (κ3) is 6.15. The number of rotatable bonds is 10. The first-order valence-electron chi connectivity index (χ1n) is 11.9. The Morgan fingerprint density at radius 2 is 2.09 bits per heavy atom. The van der Waals surface area contributed by atoms with Crippen molar-refractivity contribution in [1.82, 2.24) is 4.98 Å². The van der Waals surface area contributed by atoms with Crippen molar-refractivity contribution in [3.8, 4) is 5.88 Å². The Bertz CT molecular complexity index is 1010. The predicted octanol–water partition coefficient (Wildman–Crippen LogP) is 5.98. The maximum absolute atomic E-state index is 11.6. The van der Waals surface area contributed by atoms with E-state index in [2.05, 4.69) is 30.3 Å². The fourth-order valence-electron chi connectivity index (χ4n) is 4.29. The van der Waals surface area contributed by atoms with E-state index >= 15 is 0 Å². The van der Waals surface area contributed by atoms with Crippen molar-refractivity contribution in [2.45, 2.75) is 51.4 Å². The number of pyridine rings is 1. The van der Waals surface area contributed by atoms with E-state index in [1.54, 1.807) is 7.11 Å². The van der Waals surface area contributed by atoms with Crippen LogP contribution in [0.1, 0.15) is 67.3 Å². The van der Waals surface area contributed by atoms with Crippen LogP contribution in [0.3, 0.4) is 0 Å². The summed E-state index contributed by atoms with van der Waals surface area (Å²) in [6.07, 6.45) is 7.50. The summed E-state index contributed by atoms with van der Waals surface area (Å²) in [5, 5.41) is 0.700. The first-order chi connectivity index (χ1) is 16.1. The zero-order chi connectivity index (χ0) is 23.2. The number of aryl methyl sites for hydroxylation is 1. The molecule has 0 amide bonds. The molecule has 2 aliphatic rings. The van der Waals surface area contributed by atoms with Gasteiger partial charge < -0.3 is 14.2 Å². The van der Waals surface area contributed by atoms with Gasteiger partial charge in [-0.15, -0.1) is 0 Å². The molecule has 1 saturated heterocycles. The number of nitrogens with zero attached hydrogens (tertiary/aromatic N) is 1. The minimum Gasteiger partial charge on any atom is -0.481 e. The van der Waals surface area contributed by atoms with E-state index in [1.807, 2.05) is 13.0 Å². The van der Waals surface area contributed by atoms with Crippen LogP contribution in [0.25, 0.3) is 5.57 Å². The van der Waals surface area contributed by atoms with Crippen LogP contribution in [0.5, 0.6) is 5.88 Å². The van der Waals surface area contributed by atoms with Crippen molar-refractivity contribution in [3.05, 3.63) is 63.8 Å². The highest BCUT2D eigenvalue weighted by atomic mass is 35.5. The van der Waals surface area contributed by atoms with Gasteiger partial charge in [0.15, 0.2) is 0 Å². The minimum atomic E-state index is -0.163. The number of hydrogen-bond donors (Lipinski definition) is 0. The van der Waals surface area contributed by atoms with Crippen molar-refractivity contribution >= 4 is 23.1 Å². The Morgan fingerprint density at radius 3 is 2.76 bits per heavy atom. The number of carbonyl (C=O) groups excluding carboxylic acids is 1. The van der Waals surface area contributed by atoms with E-state index < -0.39 is 0 Å². The second-order valence-electron chi connectivity index (χ2n) is 8.74. The maximum atomic E-state index is 11.6. The molecule has 1 unspecified atom stereocenters. The van der Waals surface area contributed by atoms with E-state index in [-0.39, 0.29) is 5.97 Å². The van der Waals surface area contributed by atoms with Gasteiger partial charge in [0.25, 0.3) is 0 Å². The molecule has 1 aliphatic heterocycles. The molecule has 176 valence electrons. The summed E-state index contributed by atoms with van der Waals surface area (Å²) in [4.78, 5) is 16.5. The first-order valence-corrected chi connectivity index (χ1v) is 12.3. The lowest BCUT2D eigenvalue weighted by atomic mass is 9.94. The van der Waals surface area contributed by atoms with Gasteiger partial charge in [0.05, 0.1) is 26.0 Å². The summed E-state index contributed by atoms with van der Waals surface area (Å²) in [6.45, 7) is 3.74. The molecule has 6 heteroatoms. The molecule has 2 heterocycles. The molecule has 0 N–H and O–H groups in total. The quantitative estimate of drug-likeness (QED) is 0.401. The van der Waals surface area contributed by atoms with Crippen LogP contribution < -0.4 is 4.74 Å². The van der Waals surface area contributed by atoms with Gasteiger partial charge in [-0.05, 0) is 68.2 Å². The Balaban J connectivity index is 1.59. The summed E-state index contributed by atoms with van der Waals surface area (Å²) < 4.78 is 16.3. The van der Waals surface area contributed by atoms with Gasteiger partial charge in [0, 0.05) is 35.1 Å². The lowest BCUT2D eigenvalue weighted by Crippen LogP contribution is -2.04. The Kier molecular flexibility index (Phi) is 8.05. The van der Waals surface area contributed by atoms with Crippen LogP contribution >= 0.6 is 11.6 Å². The molecule has 0 radical (unpaired) electrons. The van der Waals surface area contributed by atoms with Gasteiger partial charge in [0.2, 0.25) is 5.88 Å². The Labute approximate surface area is 201 Å². The third-order valence-corrected chi connectivity index (χ3v) is 6.59. The van der Waals surface area contributed by atoms with Crippen LogP contribution in [0, 0.1) is 5.92 Å². The fraction of sp³-hybridized carbons (Fsp3) is 0.481. The molecule has 1 atom stereocenters. The van der Waals surface area contributed by atoms with E-state index in [9.17, 15) is 4.79 Å². The molecule has 2 fully saturated rings. The number of aromatic nitrogens is 1. The normalized spacial score (nSPS) is 18.4. The van der Waals surface area contributed by atoms with Crippen LogP contribution in [0.4, 0.5) is 0 Å². The standard InChI is InChI=1S/C27H32ClNO4/c1-3-33-26(30)6-4-5-20-9-10-21(16-24(20)28)23(15-18-13-14-32-17-18)25-12-11-22(19-7-8-19)27(29-25)31-2/h9-12,15-16,18-19H,3-8,13-14,17H2,1-2H3/b23-15+. The number of carbonyl (C=O) groups is 1. The zero-order valence-corrected chi connectivity index (χ0v) is 20.2. The van der Waals surface area contributed by atoms with Crippen molar-refractivity contribution in [1.29, 1.82) is 0 Å². The summed E-state index contributed by atoms with van der Waals surface area (Å²) in [7, 11) is 1.69. The summed E-state index contributed by atoms with van der Waals surface area (Å²) in [5.41, 5.74) is 5.18. The molecule has 0 bridgehead atoms. The van der Waals surface area contributed by atoms with Gasteiger partial charge >= 0.3 is 5.97 Å². The minimum absolute atomic E-state index is 0.163. The second kappa shape index (κ2) is 11.2. The summed E-state index contributed by atoms with van der Waals surface area (Å²) in [5.74, 6) is 1.47. The van der Waals surface area contributed by atoms with Crippen LogP contribution in [-0.4, -0.2) is 37.9 Å². The number of halogens is 1. The average Bonchev–Trinajstić information content (AvgIpc) is 3.53. The molecule has 1 aromatic heterocycles. The van der Waals surface area contributed by atoms with Crippen LogP contribution in [0.15, 0.2) is 36.4 Å². The molecule has 33 heavy (non-hydrogen) atoms. The molecule has 5 nitrogen and oxygen atoms in total. The second-order valence-corrected chi connectivity index (χ2v) is 9.15. The van der Waals surface area contributed by atoms with E-state index in [1.165, 1.54) is 18.4 Å². The molecule has 1 saturated carbocycles. The van der Waals surface area contributed by atoms with Gasteiger partial charge in [-0.25, -0.2) is 4.98 Å². The largest absolute Gasteiger partial charge is 0.481 e. The number of methoxy groups -OCH3 is 1. The monoisotopic (exact) mass is 469 g/mol. The van der Waals surface area contributed by atoms with E-state index in [0.717, 1.165) is 48.4 Å². The number of esters is 1. The zero-order valence-electron chi connectivity index (χ0n) is 19.4. The molecule has 2 aromatic rings. The van der Waals surface area contributed by atoms with Gasteiger partial charge in [0.1, 0.15) is 0 Å². The van der Waals surface area contributed by atoms with E-state index in [0.29, 0.717) is 42.2 Å². The fourth-order valence-corrected chi connectivity index (χ4v) is 4.57. The predicted molar refractivity (Wildman–Crippen MR) is 130 cm³/mol. The SMILES string of the molecule is CCOC(=O)CCCc1ccc(/C(=C\C2CCOC2)c2ccc(C3CC3)c(OC)n2)cc1Cl. The lowest BCUT2D eigenvalue weighted by molar-refractivity contribution is -0.143. The topological polar surface area (TPSA) is 57.7 Å². The molecule has 1 aromatic carbocycles. The lowest BCUT2D eigenvalue weighted by Gasteiger charge is -2.15. The maximum Gasteiger partial charge on any atom is 0.305 e. The van der Waals surface area contributed by atoms with Gasteiger partial charge in [-0.1, -0.05) is 35.9 Å². The van der Waals surface area contributed by atoms with Crippen LogP contribution in [0.2, 0.25) is 5.02 Å². The molecular formula is C27H32ClNO4. The van der Waals surface area contributed by atoms with Crippen LogP contribution in [-0.2, 0) is 20.7 Å². The van der Waals surface area contributed by atoms with Crippen molar-refractivity contribution in [2.24, 2.45) is 5.92 Å². The first kappa shape index (κ1) is 23.8. The van der Waals surface area contributed by atoms with Gasteiger partial charge in [-0.3, -0.25) is 4.79 Å². The smallest absolute Gasteiger partial charge is 0.305 e. The van der Waals surface area contributed by atoms with Crippen molar-refractivity contribution in [2.75, 3.05) is 26.9 Å². The number of hydrogen-bond acceptors (Lipinski definition) is 5. The highest BCUT2D eigenvalue weighted by Gasteiger charge is 2.28. The van der Waals surface area contributed by atoms with Crippen molar-refractivity contribution in [3.63, 3.8) is 0 Å². The Hall–Kier alpha value is -2.37. The molecular weight excluding hydrogens is 438 g/mol. The highest BCUT2D eigenvalue weighted by Crippen LogP contribution is 2.44. The highest BCUT2D eigenvalue weighted by molar-refractivity contribution is 6.31. The Morgan fingerprint density at radius 1 is 1.24 bits per heavy atom. The molecule has 0 spiro atoms. The summed E-state index contributed by atoms with van der Waals surface area (Å²) in [6, 6.07) is 10.4. The van der Waals surface area contributed by atoms with E-state index in [4.69, 9.17) is 30.8 Å². The number of benzene rings is 1. The third-order valence-electron chi connectivity index (χ3n) is 6.24. The van der Waals surface area contributed by atoms with Gasteiger partial charge in [-0.2, -0.15) is 0 Å². The van der Waals surface area contributed by atoms with Crippen molar-refractivity contribution < 1.29 is 19.0 Å². The molecule has 1 aliphatic carbocycles. The molecule has 4 rings (SSSR count).